The number of esters is 1. The van der Waals surface area contributed by atoms with E-state index in [0.717, 1.165) is 13.0 Å². The van der Waals surface area contributed by atoms with Crippen molar-refractivity contribution < 1.29 is 9.53 Å². The van der Waals surface area contributed by atoms with Crippen molar-refractivity contribution in [2.24, 2.45) is 34.5 Å². The van der Waals surface area contributed by atoms with Gasteiger partial charge in [-0.2, -0.15) is 0 Å². The van der Waals surface area contributed by atoms with E-state index >= 15 is 0 Å². The fourth-order valence-corrected chi connectivity index (χ4v) is 5.84. The number of carbonyl (C=O) groups is 1. The van der Waals surface area contributed by atoms with Crippen LogP contribution >= 0.6 is 11.8 Å². The lowest BCUT2D eigenvalue weighted by Crippen LogP contribution is -2.71. The van der Waals surface area contributed by atoms with Crippen molar-refractivity contribution in [3.05, 3.63) is 0 Å². The molecule has 3 rings (SSSR count). The molecule has 3 fully saturated rings. The number of rotatable bonds is 3. The van der Waals surface area contributed by atoms with E-state index in [1.54, 1.807) is 4.42 Å². The number of methoxy groups -OCH3 is 1. The number of ether oxygens (including phenoxy) is 1. The van der Waals surface area contributed by atoms with E-state index in [1.807, 2.05) is 7.05 Å². The highest BCUT2D eigenvalue weighted by Gasteiger charge is 2.71. The smallest absolute Gasteiger partial charge is 0.311 e. The molecular weight excluding hydrogens is 262 g/mol. The van der Waals surface area contributed by atoms with Gasteiger partial charge in [0, 0.05) is 13.6 Å². The maximum Gasteiger partial charge on any atom is 0.311 e. The molecule has 0 aromatic rings. The summed E-state index contributed by atoms with van der Waals surface area (Å²) >= 11 is 6.12. The van der Waals surface area contributed by atoms with Gasteiger partial charge in [-0.1, -0.05) is 20.8 Å². The maximum absolute atomic E-state index is 12.2. The molecule has 0 N–H and O–H groups in total. The number of hydrogen-bond acceptors (Lipinski definition) is 3. The van der Waals surface area contributed by atoms with Crippen LogP contribution in [0.4, 0.5) is 0 Å². The van der Waals surface area contributed by atoms with Crippen molar-refractivity contribution in [2.45, 2.75) is 34.1 Å². The molecule has 3 aliphatic carbocycles. The Morgan fingerprint density at radius 2 is 1.89 bits per heavy atom. The molecule has 3 saturated carbocycles. The van der Waals surface area contributed by atoms with Gasteiger partial charge in [-0.05, 0) is 54.2 Å². The average molecular weight is 288 g/mol. The average Bonchev–Trinajstić information content (AvgIpc) is 2.32. The third kappa shape index (κ3) is 1.77. The summed E-state index contributed by atoms with van der Waals surface area (Å²) in [7, 11) is 3.42. The van der Waals surface area contributed by atoms with Crippen LogP contribution in [-0.4, -0.2) is 31.1 Å². The van der Waals surface area contributed by atoms with Crippen molar-refractivity contribution in [3.63, 3.8) is 0 Å². The summed E-state index contributed by atoms with van der Waals surface area (Å²) in [5, 5.41) is 0. The van der Waals surface area contributed by atoms with E-state index in [2.05, 4.69) is 27.7 Å². The van der Waals surface area contributed by atoms with Crippen molar-refractivity contribution in [1.29, 1.82) is 0 Å². The second kappa shape index (κ2) is 4.63. The molecule has 0 aromatic carbocycles. The second-order valence-corrected chi connectivity index (χ2v) is 7.57. The van der Waals surface area contributed by atoms with E-state index < -0.39 is 0 Å². The summed E-state index contributed by atoms with van der Waals surface area (Å²) in [6.45, 7) is 9.81. The number of nitrogens with zero attached hydrogens (tertiary/aromatic N) is 1. The molecule has 4 atom stereocenters. The molecular formula is C15H26ClNO2. The molecule has 3 nitrogen and oxygen atoms in total. The van der Waals surface area contributed by atoms with Crippen LogP contribution in [0.1, 0.15) is 34.1 Å². The Morgan fingerprint density at radius 3 is 2.26 bits per heavy atom. The number of carbonyl (C=O) groups excluding carboxylic acids is 1. The number of hydrogen-bond donors (Lipinski definition) is 0. The summed E-state index contributed by atoms with van der Waals surface area (Å²) in [5.41, 5.74) is -0.0890. The van der Waals surface area contributed by atoms with Crippen molar-refractivity contribution in [1.82, 2.24) is 4.42 Å². The SMILES string of the molecule is COC(=O)C1(C)CC(C)C2(CN(C)Cl)C(C)C1C2C. The Hall–Kier alpha value is -0.280. The minimum absolute atomic E-state index is 0.0458. The van der Waals surface area contributed by atoms with Gasteiger partial charge in [0.15, 0.2) is 0 Å². The van der Waals surface area contributed by atoms with Gasteiger partial charge >= 0.3 is 5.97 Å². The van der Waals surface area contributed by atoms with Crippen LogP contribution < -0.4 is 0 Å². The van der Waals surface area contributed by atoms with Gasteiger partial charge in [0.1, 0.15) is 0 Å². The minimum atomic E-state index is -0.334. The van der Waals surface area contributed by atoms with Gasteiger partial charge < -0.3 is 4.74 Å². The highest BCUT2D eigenvalue weighted by atomic mass is 35.5. The van der Waals surface area contributed by atoms with E-state index in [4.69, 9.17) is 16.5 Å². The van der Waals surface area contributed by atoms with Gasteiger partial charge in [-0.15, -0.1) is 0 Å². The molecule has 0 amide bonds. The Kier molecular flexibility index (Phi) is 3.68. The monoisotopic (exact) mass is 287 g/mol. The van der Waals surface area contributed by atoms with Gasteiger partial charge in [0.2, 0.25) is 0 Å². The second-order valence-electron chi connectivity index (χ2n) is 6.99. The van der Waals surface area contributed by atoms with Crippen LogP contribution in [-0.2, 0) is 9.53 Å². The van der Waals surface area contributed by atoms with Crippen LogP contribution in [0.25, 0.3) is 0 Å². The van der Waals surface area contributed by atoms with Crippen LogP contribution in [0.3, 0.4) is 0 Å². The maximum atomic E-state index is 12.2. The zero-order valence-corrected chi connectivity index (χ0v) is 13.6. The van der Waals surface area contributed by atoms with Gasteiger partial charge in [0.05, 0.1) is 12.5 Å². The first-order valence-electron chi connectivity index (χ1n) is 7.17. The molecule has 0 saturated heterocycles. The molecule has 110 valence electrons. The molecule has 0 heterocycles. The van der Waals surface area contributed by atoms with Crippen LogP contribution in [0, 0.1) is 34.5 Å². The predicted molar refractivity (Wildman–Crippen MR) is 76.6 cm³/mol. The van der Waals surface area contributed by atoms with Gasteiger partial charge in [-0.25, -0.2) is 4.42 Å². The predicted octanol–water partition coefficient (Wildman–Crippen LogP) is 3.18. The zero-order valence-electron chi connectivity index (χ0n) is 12.9. The Labute approximate surface area is 121 Å². The van der Waals surface area contributed by atoms with Gasteiger partial charge in [0.25, 0.3) is 0 Å². The molecule has 3 aliphatic rings. The van der Waals surface area contributed by atoms with E-state index in [1.165, 1.54) is 7.11 Å². The molecule has 2 bridgehead atoms. The van der Waals surface area contributed by atoms with Crippen molar-refractivity contribution >= 4 is 17.7 Å². The summed E-state index contributed by atoms with van der Waals surface area (Å²) in [5.74, 6) is 1.87. The molecule has 0 radical (unpaired) electrons. The van der Waals surface area contributed by atoms with Crippen molar-refractivity contribution in [3.8, 4) is 0 Å². The van der Waals surface area contributed by atoms with E-state index in [0.29, 0.717) is 23.7 Å². The normalized spacial score (nSPS) is 48.8. The first-order chi connectivity index (χ1) is 8.71. The Balaban J connectivity index is 2.34. The largest absolute Gasteiger partial charge is 0.469 e. The molecule has 4 heteroatoms. The standard InChI is InChI=1S/C15H26ClNO2/c1-9-7-14(4,13(18)19-6)12-10(2)15(9,11(12)3)8-17(5)16/h9-12H,7-8H2,1-6H3. The summed E-state index contributed by atoms with van der Waals surface area (Å²) < 4.78 is 6.85. The molecule has 0 aliphatic heterocycles. The summed E-state index contributed by atoms with van der Waals surface area (Å²) in [6.07, 6.45) is 0.906. The third-order valence-electron chi connectivity index (χ3n) is 6.30. The topological polar surface area (TPSA) is 29.5 Å². The number of fused-ring (bicyclic) bond motifs is 2. The van der Waals surface area contributed by atoms with Gasteiger partial charge in [-0.3, -0.25) is 4.79 Å². The van der Waals surface area contributed by atoms with Crippen LogP contribution in [0.5, 0.6) is 0 Å². The fraction of sp³-hybridized carbons (Fsp3) is 0.933. The molecule has 19 heavy (non-hydrogen) atoms. The lowest BCUT2D eigenvalue weighted by Gasteiger charge is -2.71. The highest BCUT2D eigenvalue weighted by Crippen LogP contribution is 2.71. The zero-order chi connectivity index (χ0) is 14.6. The fourth-order valence-electron chi connectivity index (χ4n) is 5.63. The Morgan fingerprint density at radius 1 is 1.37 bits per heavy atom. The van der Waals surface area contributed by atoms with E-state index in [-0.39, 0.29) is 16.8 Å². The lowest BCUT2D eigenvalue weighted by atomic mass is 9.33. The first kappa shape index (κ1) is 15.1. The van der Waals surface area contributed by atoms with Crippen LogP contribution in [0.15, 0.2) is 0 Å². The lowest BCUT2D eigenvalue weighted by molar-refractivity contribution is -0.249. The molecule has 0 aromatic heterocycles. The Bertz CT molecular complexity index is 366. The van der Waals surface area contributed by atoms with Crippen molar-refractivity contribution in [2.75, 3.05) is 20.7 Å². The summed E-state index contributed by atoms with van der Waals surface area (Å²) in [4.78, 5) is 12.2. The minimum Gasteiger partial charge on any atom is -0.469 e. The number of halogens is 1. The van der Waals surface area contributed by atoms with Crippen LogP contribution in [0.2, 0.25) is 0 Å². The third-order valence-corrected chi connectivity index (χ3v) is 6.42. The first-order valence-corrected chi connectivity index (χ1v) is 7.51. The molecule has 4 unspecified atom stereocenters. The quantitative estimate of drug-likeness (QED) is 0.590. The van der Waals surface area contributed by atoms with E-state index in [9.17, 15) is 4.79 Å². The summed E-state index contributed by atoms with van der Waals surface area (Å²) in [6, 6.07) is 0. The molecule has 0 spiro atoms. The highest BCUT2D eigenvalue weighted by molar-refractivity contribution is 6.13.